The largest absolute Gasteiger partial charge is 0.350 e. The molecule has 1 atom stereocenters. The van der Waals surface area contributed by atoms with Crippen LogP contribution in [0.4, 0.5) is 33.6 Å². The Bertz CT molecular complexity index is 1240. The SMILES string of the molecule is Cc1ccc(C(=O)Nc2ccc(F)cc2)cc1Nc1nc(N[C@@H]2CCNC2)nc(N(C)CC(C)(C)C)n1. The molecule has 2 heterocycles. The highest BCUT2D eigenvalue weighted by atomic mass is 19.1. The zero-order chi connectivity index (χ0) is 26.6. The molecule has 1 aliphatic heterocycles. The van der Waals surface area contributed by atoms with Crippen LogP contribution >= 0.6 is 0 Å². The molecule has 3 aromatic rings. The van der Waals surface area contributed by atoms with Crippen LogP contribution < -0.4 is 26.2 Å². The molecule has 0 aliphatic carbocycles. The number of aryl methyl sites for hydroxylation is 1. The number of hydrogen-bond donors (Lipinski definition) is 4. The fraction of sp³-hybridized carbons (Fsp3) is 0.407. The van der Waals surface area contributed by atoms with Crippen molar-refractivity contribution < 1.29 is 9.18 Å². The number of aromatic nitrogens is 3. The van der Waals surface area contributed by atoms with E-state index in [1.807, 2.05) is 24.9 Å². The molecular weight excluding hydrogens is 471 g/mol. The van der Waals surface area contributed by atoms with Gasteiger partial charge in [0.05, 0.1) is 0 Å². The predicted octanol–water partition coefficient (Wildman–Crippen LogP) is 4.57. The van der Waals surface area contributed by atoms with Crippen molar-refractivity contribution in [2.75, 3.05) is 47.5 Å². The normalized spacial score (nSPS) is 15.4. The van der Waals surface area contributed by atoms with Crippen molar-refractivity contribution in [2.24, 2.45) is 5.41 Å². The van der Waals surface area contributed by atoms with Gasteiger partial charge in [0.1, 0.15) is 5.82 Å². The third-order valence-electron chi connectivity index (χ3n) is 5.92. The highest BCUT2D eigenvalue weighted by molar-refractivity contribution is 6.05. The topological polar surface area (TPSA) is 107 Å². The lowest BCUT2D eigenvalue weighted by Crippen LogP contribution is -2.31. The molecule has 0 spiro atoms. The highest BCUT2D eigenvalue weighted by Gasteiger charge is 2.20. The first kappa shape index (κ1) is 26.3. The monoisotopic (exact) mass is 506 g/mol. The molecule has 1 saturated heterocycles. The van der Waals surface area contributed by atoms with E-state index in [0.717, 1.165) is 31.6 Å². The number of nitrogens with zero attached hydrogens (tertiary/aromatic N) is 4. The Morgan fingerprint density at radius 1 is 1.11 bits per heavy atom. The Morgan fingerprint density at radius 2 is 1.84 bits per heavy atom. The maximum absolute atomic E-state index is 13.2. The smallest absolute Gasteiger partial charge is 0.255 e. The zero-order valence-electron chi connectivity index (χ0n) is 22.0. The fourth-order valence-electron chi connectivity index (χ4n) is 4.15. The number of benzene rings is 2. The van der Waals surface area contributed by atoms with Crippen LogP contribution in [-0.4, -0.2) is 53.6 Å². The predicted molar refractivity (Wildman–Crippen MR) is 146 cm³/mol. The van der Waals surface area contributed by atoms with Crippen molar-refractivity contribution in [3.63, 3.8) is 0 Å². The maximum atomic E-state index is 13.2. The van der Waals surface area contributed by atoms with E-state index in [-0.39, 0.29) is 23.2 Å². The minimum atomic E-state index is -0.359. The molecule has 1 amide bonds. The first-order valence-corrected chi connectivity index (χ1v) is 12.4. The van der Waals surface area contributed by atoms with E-state index in [2.05, 4.69) is 57.0 Å². The lowest BCUT2D eigenvalue weighted by atomic mass is 9.96. The summed E-state index contributed by atoms with van der Waals surface area (Å²) in [5, 5.41) is 12.8. The Labute approximate surface area is 217 Å². The Kier molecular flexibility index (Phi) is 7.87. The molecule has 0 unspecified atom stereocenters. The molecule has 0 saturated carbocycles. The van der Waals surface area contributed by atoms with Gasteiger partial charge in [-0.05, 0) is 67.3 Å². The molecule has 10 heteroatoms. The molecule has 2 aromatic carbocycles. The molecular formula is C27H35FN8O. The van der Waals surface area contributed by atoms with Crippen molar-refractivity contribution in [3.8, 4) is 0 Å². The van der Waals surface area contributed by atoms with Crippen molar-refractivity contribution in [1.82, 2.24) is 20.3 Å². The minimum absolute atomic E-state index is 0.0563. The van der Waals surface area contributed by atoms with E-state index in [4.69, 9.17) is 0 Å². The molecule has 1 fully saturated rings. The number of halogens is 1. The van der Waals surface area contributed by atoms with Crippen LogP contribution in [0.5, 0.6) is 0 Å². The first-order chi connectivity index (χ1) is 17.6. The van der Waals surface area contributed by atoms with Crippen LogP contribution in [0.15, 0.2) is 42.5 Å². The summed E-state index contributed by atoms with van der Waals surface area (Å²) in [6.07, 6.45) is 0.992. The summed E-state index contributed by atoms with van der Waals surface area (Å²) in [4.78, 5) is 28.8. The lowest BCUT2D eigenvalue weighted by Gasteiger charge is -2.27. The molecule has 0 bridgehead atoms. The summed E-state index contributed by atoms with van der Waals surface area (Å²) in [5.41, 5.74) is 2.66. The summed E-state index contributed by atoms with van der Waals surface area (Å²) in [7, 11) is 1.97. The van der Waals surface area contributed by atoms with Crippen molar-refractivity contribution in [2.45, 2.75) is 40.2 Å². The summed E-state index contributed by atoms with van der Waals surface area (Å²) in [6, 6.07) is 11.3. The van der Waals surface area contributed by atoms with E-state index >= 15 is 0 Å². The number of carbonyl (C=O) groups excluding carboxylic acids is 1. The van der Waals surface area contributed by atoms with Crippen LogP contribution in [0.25, 0.3) is 0 Å². The van der Waals surface area contributed by atoms with Crippen LogP contribution in [0.3, 0.4) is 0 Å². The van der Waals surface area contributed by atoms with Gasteiger partial charge >= 0.3 is 0 Å². The molecule has 4 rings (SSSR count). The highest BCUT2D eigenvalue weighted by Crippen LogP contribution is 2.24. The van der Waals surface area contributed by atoms with Gasteiger partial charge in [0.25, 0.3) is 5.91 Å². The third-order valence-corrected chi connectivity index (χ3v) is 5.92. The summed E-state index contributed by atoms with van der Waals surface area (Å²) < 4.78 is 13.2. The maximum Gasteiger partial charge on any atom is 0.255 e. The van der Waals surface area contributed by atoms with Gasteiger partial charge in [0, 0.05) is 43.1 Å². The average molecular weight is 507 g/mol. The average Bonchev–Trinajstić information content (AvgIpc) is 3.34. The van der Waals surface area contributed by atoms with Crippen molar-refractivity contribution in [3.05, 3.63) is 59.4 Å². The van der Waals surface area contributed by atoms with Gasteiger partial charge in [-0.2, -0.15) is 15.0 Å². The van der Waals surface area contributed by atoms with Gasteiger partial charge in [-0.3, -0.25) is 4.79 Å². The van der Waals surface area contributed by atoms with Gasteiger partial charge in [-0.1, -0.05) is 26.8 Å². The third kappa shape index (κ3) is 7.36. The van der Waals surface area contributed by atoms with Gasteiger partial charge < -0.3 is 26.2 Å². The number of nitrogens with one attached hydrogen (secondary N) is 4. The number of carbonyl (C=O) groups is 1. The Morgan fingerprint density at radius 3 is 2.51 bits per heavy atom. The second-order valence-corrected chi connectivity index (χ2v) is 10.6. The molecule has 1 aromatic heterocycles. The Balaban J connectivity index is 1.59. The number of amides is 1. The van der Waals surface area contributed by atoms with Crippen LogP contribution in [0.1, 0.15) is 43.1 Å². The first-order valence-electron chi connectivity index (χ1n) is 12.4. The molecule has 37 heavy (non-hydrogen) atoms. The number of hydrogen-bond acceptors (Lipinski definition) is 8. The van der Waals surface area contributed by atoms with E-state index in [9.17, 15) is 9.18 Å². The second kappa shape index (κ2) is 11.1. The van der Waals surface area contributed by atoms with E-state index in [1.54, 1.807) is 12.1 Å². The minimum Gasteiger partial charge on any atom is -0.350 e. The van der Waals surface area contributed by atoms with Gasteiger partial charge in [0.15, 0.2) is 0 Å². The molecule has 9 nitrogen and oxygen atoms in total. The number of anilines is 5. The summed E-state index contributed by atoms with van der Waals surface area (Å²) in [6.45, 7) is 11.0. The zero-order valence-corrected chi connectivity index (χ0v) is 22.0. The van der Waals surface area contributed by atoms with Gasteiger partial charge in [0.2, 0.25) is 17.8 Å². The molecule has 196 valence electrons. The van der Waals surface area contributed by atoms with Gasteiger partial charge in [-0.15, -0.1) is 0 Å². The van der Waals surface area contributed by atoms with Crippen LogP contribution in [-0.2, 0) is 0 Å². The summed E-state index contributed by atoms with van der Waals surface area (Å²) in [5.74, 6) is 0.793. The van der Waals surface area contributed by atoms with Crippen molar-refractivity contribution >= 4 is 35.1 Å². The second-order valence-electron chi connectivity index (χ2n) is 10.6. The molecule has 1 aliphatic rings. The van der Waals surface area contributed by atoms with E-state index in [1.165, 1.54) is 24.3 Å². The van der Waals surface area contributed by atoms with Crippen molar-refractivity contribution in [1.29, 1.82) is 0 Å². The van der Waals surface area contributed by atoms with Gasteiger partial charge in [-0.25, -0.2) is 4.39 Å². The number of rotatable bonds is 8. The van der Waals surface area contributed by atoms with E-state index in [0.29, 0.717) is 34.8 Å². The fourth-order valence-corrected chi connectivity index (χ4v) is 4.15. The molecule has 4 N–H and O–H groups in total. The Hall–Kier alpha value is -3.79. The molecule has 0 radical (unpaired) electrons. The standard InChI is InChI=1S/C27H35FN8O/c1-17-6-7-18(23(37)30-20-10-8-19(28)9-11-20)14-22(17)32-25-33-24(31-21-12-13-29-15-21)34-26(35-25)36(5)16-27(2,3)4/h6-11,14,21,29H,12-13,15-16H2,1-5H3,(H,30,37)(H2,31,32,33,34,35)/t21-/m1/s1. The summed E-state index contributed by atoms with van der Waals surface area (Å²) >= 11 is 0. The lowest BCUT2D eigenvalue weighted by molar-refractivity contribution is 0.102. The van der Waals surface area contributed by atoms with Crippen LogP contribution in [0, 0.1) is 18.2 Å². The quantitative estimate of drug-likeness (QED) is 0.352. The van der Waals surface area contributed by atoms with Crippen LogP contribution in [0.2, 0.25) is 0 Å². The van der Waals surface area contributed by atoms with E-state index < -0.39 is 0 Å².